The first kappa shape index (κ1) is 18.4. The summed E-state index contributed by atoms with van der Waals surface area (Å²) in [6.07, 6.45) is 0. The molecule has 3 heterocycles. The molecule has 0 bridgehead atoms. The van der Waals surface area contributed by atoms with Gasteiger partial charge in [0.2, 0.25) is 5.95 Å². The Bertz CT molecular complexity index is 991. The Hall–Kier alpha value is -2.98. The number of rotatable bonds is 3. The van der Waals surface area contributed by atoms with Crippen molar-refractivity contribution in [2.45, 2.75) is 13.0 Å². The van der Waals surface area contributed by atoms with Gasteiger partial charge in [-0.1, -0.05) is 17.7 Å². The van der Waals surface area contributed by atoms with Crippen molar-refractivity contribution in [3.8, 4) is 0 Å². The van der Waals surface area contributed by atoms with E-state index in [1.165, 1.54) is 11.3 Å². The summed E-state index contributed by atoms with van der Waals surface area (Å²) >= 11 is 1.40. The van der Waals surface area contributed by atoms with E-state index in [1.807, 2.05) is 36.1 Å². The van der Waals surface area contributed by atoms with Crippen molar-refractivity contribution in [3.05, 3.63) is 35.3 Å². The Morgan fingerprint density at radius 3 is 2.86 bits per heavy atom. The van der Waals surface area contributed by atoms with E-state index >= 15 is 0 Å². The van der Waals surface area contributed by atoms with Crippen LogP contribution >= 0.6 is 11.3 Å². The van der Waals surface area contributed by atoms with Crippen LogP contribution in [0.25, 0.3) is 10.3 Å². The number of hydrogen-bond donors (Lipinski definition) is 3. The molecule has 28 heavy (non-hydrogen) atoms. The zero-order valence-electron chi connectivity index (χ0n) is 15.4. The van der Waals surface area contributed by atoms with E-state index in [0.717, 1.165) is 16.1 Å². The van der Waals surface area contributed by atoms with Gasteiger partial charge in [-0.25, -0.2) is 14.8 Å². The molecule has 0 radical (unpaired) electrons. The van der Waals surface area contributed by atoms with E-state index in [-0.39, 0.29) is 24.6 Å². The molecule has 9 nitrogen and oxygen atoms in total. The summed E-state index contributed by atoms with van der Waals surface area (Å²) in [4.78, 5) is 30.0. The second-order valence-electron chi connectivity index (χ2n) is 6.68. The monoisotopic (exact) mass is 399 g/mol. The molecule has 1 aliphatic rings. The summed E-state index contributed by atoms with van der Waals surface area (Å²) in [6.45, 7) is 3.27. The number of benzene rings is 1. The molecule has 10 heteroatoms. The fourth-order valence-electron chi connectivity index (χ4n) is 3.29. The minimum absolute atomic E-state index is 0.154. The van der Waals surface area contributed by atoms with Gasteiger partial charge in [-0.3, -0.25) is 0 Å². The molecule has 4 rings (SSSR count). The predicted octanol–water partition coefficient (Wildman–Crippen LogP) is 1.69. The zero-order chi connectivity index (χ0) is 19.7. The first-order valence-corrected chi connectivity index (χ1v) is 9.80. The van der Waals surface area contributed by atoms with Crippen molar-refractivity contribution in [3.63, 3.8) is 0 Å². The van der Waals surface area contributed by atoms with E-state index in [2.05, 4.69) is 20.3 Å². The average Bonchev–Trinajstić information content (AvgIpc) is 3.16. The summed E-state index contributed by atoms with van der Waals surface area (Å²) in [7, 11) is 0. The van der Waals surface area contributed by atoms with Gasteiger partial charge < -0.3 is 26.0 Å². The largest absolute Gasteiger partial charge is 0.394 e. The molecule has 1 saturated heterocycles. The quantitative estimate of drug-likeness (QED) is 0.613. The number of nitrogens with one attached hydrogen (secondary N) is 1. The Kier molecular flexibility index (Phi) is 4.97. The maximum atomic E-state index is 12.7. The minimum Gasteiger partial charge on any atom is -0.394 e. The van der Waals surface area contributed by atoms with E-state index in [1.54, 1.807) is 10.4 Å². The Balaban J connectivity index is 1.51. The van der Waals surface area contributed by atoms with Crippen molar-refractivity contribution in [1.82, 2.24) is 19.9 Å². The summed E-state index contributed by atoms with van der Waals surface area (Å²) in [6, 6.07) is 7.00. The number of aryl methyl sites for hydroxylation is 1. The predicted molar refractivity (Wildman–Crippen MR) is 110 cm³/mol. The number of hydrogen-bond acceptors (Lipinski definition) is 8. The van der Waals surface area contributed by atoms with Crippen LogP contribution in [0, 0.1) is 6.92 Å². The lowest BCUT2D eigenvalue weighted by Gasteiger charge is -2.41. The summed E-state index contributed by atoms with van der Waals surface area (Å²) in [5.74, 6) is 0.827. The molecule has 2 aromatic heterocycles. The maximum absolute atomic E-state index is 12.7. The Labute approximate surface area is 165 Å². The fraction of sp³-hybridized carbons (Fsp3) is 0.333. The topological polar surface area (TPSA) is 121 Å². The molecule has 1 fully saturated rings. The number of aliphatic hydroxyl groups excluding tert-OH is 1. The molecule has 1 aromatic carbocycles. The SMILES string of the molecule is Cc1ccc(NC(=O)N2CCN(c3nc(N)nc4scnc34)C[C@@H]2CO)cc1. The summed E-state index contributed by atoms with van der Waals surface area (Å²) < 4.78 is 0. The van der Waals surface area contributed by atoms with Gasteiger partial charge in [0.15, 0.2) is 10.6 Å². The highest BCUT2D eigenvalue weighted by atomic mass is 32.1. The standard InChI is InChI=1S/C18H21N7O2S/c1-11-2-4-12(5-3-11)21-18(27)25-7-6-24(8-13(25)9-26)15-14-16(28-10-20-14)23-17(19)22-15/h2-5,10,13,26H,6-9H2,1H3,(H,21,27)(H2,19,22,23)/t13-/m1/s1. The minimum atomic E-state index is -0.371. The normalized spacial score (nSPS) is 17.1. The van der Waals surface area contributed by atoms with Gasteiger partial charge in [-0.15, -0.1) is 11.3 Å². The average molecular weight is 399 g/mol. The first-order valence-electron chi connectivity index (χ1n) is 8.92. The summed E-state index contributed by atoms with van der Waals surface area (Å²) in [5.41, 5.74) is 10.1. The van der Waals surface area contributed by atoms with Crippen molar-refractivity contribution in [2.75, 3.05) is 42.2 Å². The number of aromatic nitrogens is 3. The highest BCUT2D eigenvalue weighted by Gasteiger charge is 2.32. The third-order valence-electron chi connectivity index (χ3n) is 4.75. The zero-order valence-corrected chi connectivity index (χ0v) is 16.2. The third-order valence-corrected chi connectivity index (χ3v) is 5.47. The smallest absolute Gasteiger partial charge is 0.322 e. The number of nitrogen functional groups attached to an aromatic ring is 1. The molecule has 0 saturated carbocycles. The van der Waals surface area contributed by atoms with Gasteiger partial charge in [0, 0.05) is 25.3 Å². The molecule has 146 valence electrons. The molecule has 0 spiro atoms. The molecule has 0 unspecified atom stereocenters. The van der Waals surface area contributed by atoms with Crippen LogP contribution in [0.2, 0.25) is 0 Å². The highest BCUT2D eigenvalue weighted by Crippen LogP contribution is 2.28. The fourth-order valence-corrected chi connectivity index (χ4v) is 3.95. The number of piperazine rings is 1. The highest BCUT2D eigenvalue weighted by molar-refractivity contribution is 7.16. The van der Waals surface area contributed by atoms with Gasteiger partial charge in [0.05, 0.1) is 18.2 Å². The number of fused-ring (bicyclic) bond motifs is 1. The van der Waals surface area contributed by atoms with Crippen LogP contribution in [0.3, 0.4) is 0 Å². The summed E-state index contributed by atoms with van der Waals surface area (Å²) in [5, 5.41) is 12.8. The molecular weight excluding hydrogens is 378 g/mol. The Morgan fingerprint density at radius 1 is 1.32 bits per heavy atom. The lowest BCUT2D eigenvalue weighted by atomic mass is 10.1. The molecule has 0 aliphatic carbocycles. The lowest BCUT2D eigenvalue weighted by Crippen LogP contribution is -2.58. The van der Waals surface area contributed by atoms with Crippen LogP contribution in [0.4, 0.5) is 22.2 Å². The first-order chi connectivity index (χ1) is 13.5. The van der Waals surface area contributed by atoms with Crippen molar-refractivity contribution in [1.29, 1.82) is 0 Å². The molecule has 4 N–H and O–H groups in total. The van der Waals surface area contributed by atoms with Crippen LogP contribution in [0.1, 0.15) is 5.56 Å². The number of aliphatic hydroxyl groups is 1. The molecule has 3 aromatic rings. The second kappa shape index (κ2) is 7.56. The number of urea groups is 1. The van der Waals surface area contributed by atoms with Crippen LogP contribution in [0.5, 0.6) is 0 Å². The number of nitrogens with zero attached hydrogens (tertiary/aromatic N) is 5. The number of thiazole rings is 1. The van der Waals surface area contributed by atoms with Crippen molar-refractivity contribution >= 4 is 45.2 Å². The molecular formula is C18H21N7O2S. The van der Waals surface area contributed by atoms with E-state index < -0.39 is 0 Å². The van der Waals surface area contributed by atoms with Crippen LogP contribution in [0.15, 0.2) is 29.8 Å². The van der Waals surface area contributed by atoms with Crippen molar-refractivity contribution in [2.24, 2.45) is 0 Å². The van der Waals surface area contributed by atoms with Crippen LogP contribution in [-0.4, -0.2) is 63.3 Å². The van der Waals surface area contributed by atoms with E-state index in [4.69, 9.17) is 5.73 Å². The van der Waals surface area contributed by atoms with Crippen molar-refractivity contribution < 1.29 is 9.90 Å². The van der Waals surface area contributed by atoms with Gasteiger partial charge in [-0.2, -0.15) is 4.98 Å². The van der Waals surface area contributed by atoms with Gasteiger partial charge in [0.25, 0.3) is 0 Å². The number of anilines is 3. The van der Waals surface area contributed by atoms with Crippen LogP contribution in [-0.2, 0) is 0 Å². The van der Waals surface area contributed by atoms with E-state index in [9.17, 15) is 9.90 Å². The van der Waals surface area contributed by atoms with Gasteiger partial charge in [-0.05, 0) is 19.1 Å². The van der Waals surface area contributed by atoms with Gasteiger partial charge >= 0.3 is 6.03 Å². The third kappa shape index (κ3) is 3.56. The maximum Gasteiger partial charge on any atom is 0.322 e. The lowest BCUT2D eigenvalue weighted by molar-refractivity contribution is 0.132. The van der Waals surface area contributed by atoms with E-state index in [0.29, 0.717) is 31.0 Å². The number of carbonyl (C=O) groups is 1. The second-order valence-corrected chi connectivity index (χ2v) is 7.52. The molecule has 2 amide bonds. The Morgan fingerprint density at radius 2 is 2.11 bits per heavy atom. The van der Waals surface area contributed by atoms with Crippen LogP contribution < -0.4 is 16.0 Å². The van der Waals surface area contributed by atoms with Gasteiger partial charge in [0.1, 0.15) is 5.52 Å². The number of amides is 2. The number of carbonyl (C=O) groups excluding carboxylic acids is 1. The molecule has 1 atom stereocenters. The molecule has 1 aliphatic heterocycles. The number of nitrogens with two attached hydrogens (primary N) is 1.